The van der Waals surface area contributed by atoms with E-state index in [0.29, 0.717) is 12.1 Å². The van der Waals surface area contributed by atoms with E-state index in [2.05, 4.69) is 0 Å². The predicted molar refractivity (Wildman–Crippen MR) is 62.0 cm³/mol. The van der Waals surface area contributed by atoms with E-state index in [9.17, 15) is 9.18 Å². The van der Waals surface area contributed by atoms with Crippen LogP contribution in [0.3, 0.4) is 0 Å². The van der Waals surface area contributed by atoms with Crippen LogP contribution in [0.1, 0.15) is 23.2 Å². The summed E-state index contributed by atoms with van der Waals surface area (Å²) in [6.45, 7) is 0.563. The molecule has 92 valence electrons. The summed E-state index contributed by atoms with van der Waals surface area (Å²) in [7, 11) is 0. The first-order valence-electron chi connectivity index (χ1n) is 5.60. The standard InChI is InChI=1S/C12H15FN2O2/c13-8-3-4-10(11(14)6-8)12(17)15-5-1-2-9(15)7-16/h3-4,6,9,16H,1-2,5,7,14H2/t9-/m1/s1. The third-order valence-electron chi connectivity index (χ3n) is 3.09. The van der Waals surface area contributed by atoms with Gasteiger partial charge in [-0.2, -0.15) is 0 Å². The average Bonchev–Trinajstić information content (AvgIpc) is 2.76. The van der Waals surface area contributed by atoms with Crippen LogP contribution in [0.4, 0.5) is 10.1 Å². The predicted octanol–water partition coefficient (Wildman–Crippen LogP) is 1.00. The zero-order chi connectivity index (χ0) is 12.4. The molecule has 17 heavy (non-hydrogen) atoms. The van der Waals surface area contributed by atoms with Gasteiger partial charge in [-0.05, 0) is 31.0 Å². The van der Waals surface area contributed by atoms with Crippen molar-refractivity contribution in [3.8, 4) is 0 Å². The van der Waals surface area contributed by atoms with E-state index >= 15 is 0 Å². The number of benzene rings is 1. The molecular weight excluding hydrogens is 223 g/mol. The summed E-state index contributed by atoms with van der Waals surface area (Å²) in [5.74, 6) is -0.696. The number of aliphatic hydroxyl groups excluding tert-OH is 1. The van der Waals surface area contributed by atoms with E-state index in [1.54, 1.807) is 4.90 Å². The third-order valence-corrected chi connectivity index (χ3v) is 3.09. The summed E-state index contributed by atoms with van der Waals surface area (Å²) in [5, 5.41) is 9.16. The van der Waals surface area contributed by atoms with Crippen LogP contribution in [-0.4, -0.2) is 35.1 Å². The molecule has 0 spiro atoms. The molecular formula is C12H15FN2O2. The minimum Gasteiger partial charge on any atom is -0.398 e. The molecule has 1 aromatic carbocycles. The van der Waals surface area contributed by atoms with Crippen molar-refractivity contribution in [1.82, 2.24) is 4.90 Å². The second-order valence-corrected chi connectivity index (χ2v) is 4.21. The van der Waals surface area contributed by atoms with Gasteiger partial charge in [0.05, 0.1) is 18.2 Å². The summed E-state index contributed by atoms with van der Waals surface area (Å²) < 4.78 is 12.9. The SMILES string of the molecule is Nc1cc(F)ccc1C(=O)N1CCC[C@@H]1CO. The van der Waals surface area contributed by atoms with Crippen molar-refractivity contribution in [1.29, 1.82) is 0 Å². The number of nitrogens with two attached hydrogens (primary N) is 1. The fourth-order valence-electron chi connectivity index (χ4n) is 2.18. The highest BCUT2D eigenvalue weighted by Gasteiger charge is 2.29. The van der Waals surface area contributed by atoms with Gasteiger partial charge in [-0.15, -0.1) is 0 Å². The Morgan fingerprint density at radius 1 is 1.59 bits per heavy atom. The van der Waals surface area contributed by atoms with Crippen LogP contribution in [0, 0.1) is 5.82 Å². The number of nitrogens with zero attached hydrogens (tertiary/aromatic N) is 1. The minimum absolute atomic E-state index is 0.0488. The van der Waals surface area contributed by atoms with Crippen molar-refractivity contribution in [2.45, 2.75) is 18.9 Å². The molecule has 5 heteroatoms. The summed E-state index contributed by atoms with van der Waals surface area (Å²) in [6.07, 6.45) is 1.67. The minimum atomic E-state index is -0.459. The summed E-state index contributed by atoms with van der Waals surface area (Å²) in [6, 6.07) is 3.59. The first-order valence-corrected chi connectivity index (χ1v) is 5.60. The maximum Gasteiger partial charge on any atom is 0.256 e. The lowest BCUT2D eigenvalue weighted by atomic mass is 10.1. The van der Waals surface area contributed by atoms with Gasteiger partial charge >= 0.3 is 0 Å². The number of amides is 1. The first kappa shape index (κ1) is 11.9. The normalized spacial score (nSPS) is 19.6. The highest BCUT2D eigenvalue weighted by molar-refractivity contribution is 5.99. The Balaban J connectivity index is 2.24. The maximum absolute atomic E-state index is 12.9. The zero-order valence-corrected chi connectivity index (χ0v) is 9.40. The molecule has 1 amide bonds. The molecule has 0 aliphatic carbocycles. The summed E-state index contributed by atoms with van der Waals surface area (Å²) in [5.41, 5.74) is 6.06. The van der Waals surface area contributed by atoms with Gasteiger partial charge in [0.15, 0.2) is 0 Å². The Morgan fingerprint density at radius 3 is 3.00 bits per heavy atom. The fourth-order valence-corrected chi connectivity index (χ4v) is 2.18. The highest BCUT2D eigenvalue weighted by atomic mass is 19.1. The number of aliphatic hydroxyl groups is 1. The Morgan fingerprint density at radius 2 is 2.35 bits per heavy atom. The molecule has 1 aliphatic heterocycles. The van der Waals surface area contributed by atoms with Crippen LogP contribution >= 0.6 is 0 Å². The Kier molecular flexibility index (Phi) is 3.28. The van der Waals surface area contributed by atoms with Gasteiger partial charge in [-0.1, -0.05) is 0 Å². The Bertz CT molecular complexity index is 437. The molecule has 1 aromatic rings. The number of hydrogen-bond acceptors (Lipinski definition) is 3. The van der Waals surface area contributed by atoms with Gasteiger partial charge in [-0.25, -0.2) is 4.39 Å². The van der Waals surface area contributed by atoms with Gasteiger partial charge in [0.2, 0.25) is 0 Å². The van der Waals surface area contributed by atoms with Crippen LogP contribution in [0.2, 0.25) is 0 Å². The first-order chi connectivity index (χ1) is 8.13. The van der Waals surface area contributed by atoms with Gasteiger partial charge in [0.25, 0.3) is 5.91 Å². The maximum atomic E-state index is 12.9. The Hall–Kier alpha value is -1.62. The number of carbonyl (C=O) groups excluding carboxylic acids is 1. The van der Waals surface area contributed by atoms with E-state index in [0.717, 1.165) is 18.9 Å². The molecule has 1 saturated heterocycles. The monoisotopic (exact) mass is 238 g/mol. The van der Waals surface area contributed by atoms with Crippen LogP contribution in [0.5, 0.6) is 0 Å². The van der Waals surface area contributed by atoms with Crippen molar-refractivity contribution in [3.63, 3.8) is 0 Å². The van der Waals surface area contributed by atoms with Crippen molar-refractivity contribution in [2.24, 2.45) is 0 Å². The molecule has 0 radical (unpaired) electrons. The van der Waals surface area contributed by atoms with Crippen LogP contribution in [0.15, 0.2) is 18.2 Å². The molecule has 0 aromatic heterocycles. The molecule has 0 unspecified atom stereocenters. The number of anilines is 1. The summed E-state index contributed by atoms with van der Waals surface area (Å²) in [4.78, 5) is 13.8. The zero-order valence-electron chi connectivity index (χ0n) is 9.40. The Labute approximate surface area is 98.8 Å². The number of rotatable bonds is 2. The van der Waals surface area contributed by atoms with Gasteiger partial charge in [0.1, 0.15) is 5.82 Å². The average molecular weight is 238 g/mol. The number of carbonyl (C=O) groups is 1. The van der Waals surface area contributed by atoms with Gasteiger partial charge < -0.3 is 15.7 Å². The van der Waals surface area contributed by atoms with Crippen LogP contribution in [-0.2, 0) is 0 Å². The number of hydrogen-bond donors (Lipinski definition) is 2. The van der Waals surface area contributed by atoms with Crippen LogP contribution < -0.4 is 5.73 Å². The smallest absolute Gasteiger partial charge is 0.256 e. The lowest BCUT2D eigenvalue weighted by Crippen LogP contribution is -2.37. The second kappa shape index (κ2) is 4.71. The molecule has 2 rings (SSSR count). The molecule has 1 aliphatic rings. The lowest BCUT2D eigenvalue weighted by molar-refractivity contribution is 0.0678. The number of likely N-dealkylation sites (tertiary alicyclic amines) is 1. The number of nitrogen functional groups attached to an aromatic ring is 1. The molecule has 0 saturated carbocycles. The second-order valence-electron chi connectivity index (χ2n) is 4.21. The largest absolute Gasteiger partial charge is 0.398 e. The molecule has 3 N–H and O–H groups in total. The third kappa shape index (κ3) is 2.24. The molecule has 1 heterocycles. The van der Waals surface area contributed by atoms with E-state index in [1.807, 2.05) is 0 Å². The molecule has 4 nitrogen and oxygen atoms in total. The van der Waals surface area contributed by atoms with Gasteiger partial charge in [-0.3, -0.25) is 4.79 Å². The molecule has 1 atom stereocenters. The van der Waals surface area contributed by atoms with E-state index in [1.165, 1.54) is 12.1 Å². The molecule has 1 fully saturated rings. The van der Waals surface area contributed by atoms with E-state index in [-0.39, 0.29) is 24.2 Å². The highest BCUT2D eigenvalue weighted by Crippen LogP contribution is 2.22. The van der Waals surface area contributed by atoms with Crippen molar-refractivity contribution in [2.75, 3.05) is 18.9 Å². The van der Waals surface area contributed by atoms with Gasteiger partial charge in [0, 0.05) is 12.2 Å². The summed E-state index contributed by atoms with van der Waals surface area (Å²) >= 11 is 0. The van der Waals surface area contributed by atoms with E-state index in [4.69, 9.17) is 10.8 Å². The quantitative estimate of drug-likeness (QED) is 0.755. The topological polar surface area (TPSA) is 66.6 Å². The van der Waals surface area contributed by atoms with E-state index < -0.39 is 5.82 Å². The van der Waals surface area contributed by atoms with Crippen molar-refractivity contribution >= 4 is 11.6 Å². The molecule has 0 bridgehead atoms. The van der Waals surface area contributed by atoms with Crippen LogP contribution in [0.25, 0.3) is 0 Å². The fraction of sp³-hybridized carbons (Fsp3) is 0.417. The van der Waals surface area contributed by atoms with Crippen molar-refractivity contribution in [3.05, 3.63) is 29.6 Å². The van der Waals surface area contributed by atoms with Crippen molar-refractivity contribution < 1.29 is 14.3 Å². The number of halogens is 1. The lowest BCUT2D eigenvalue weighted by Gasteiger charge is -2.23.